The number of halogens is 1. The van der Waals surface area contributed by atoms with Gasteiger partial charge in [-0.15, -0.1) is 0 Å². The lowest BCUT2D eigenvalue weighted by molar-refractivity contribution is 0.0361. The molecule has 0 radical (unpaired) electrons. The second-order valence-electron chi connectivity index (χ2n) is 5.47. The molecule has 3 heteroatoms. The van der Waals surface area contributed by atoms with E-state index in [2.05, 4.69) is 13.8 Å². The van der Waals surface area contributed by atoms with Gasteiger partial charge in [-0.3, -0.25) is 4.79 Å². The van der Waals surface area contributed by atoms with Crippen molar-refractivity contribution >= 4 is 5.78 Å². The fourth-order valence-corrected chi connectivity index (χ4v) is 2.39. The Kier molecular flexibility index (Phi) is 8.91. The van der Waals surface area contributed by atoms with Gasteiger partial charge in [-0.2, -0.15) is 0 Å². The molecule has 0 N–H and O–H groups in total. The molecule has 1 aromatic carbocycles. The molecule has 1 rings (SSSR count). The molecule has 0 fully saturated rings. The van der Waals surface area contributed by atoms with E-state index in [-0.39, 0.29) is 24.1 Å². The van der Waals surface area contributed by atoms with E-state index in [0.717, 1.165) is 25.7 Å². The van der Waals surface area contributed by atoms with Crippen LogP contribution in [-0.4, -0.2) is 18.5 Å². The Labute approximate surface area is 127 Å². The van der Waals surface area contributed by atoms with Gasteiger partial charge in [0, 0.05) is 0 Å². The molecule has 0 amide bonds. The van der Waals surface area contributed by atoms with Gasteiger partial charge in [0.15, 0.2) is 5.78 Å². The van der Waals surface area contributed by atoms with Crippen molar-refractivity contribution in [3.8, 4) is 0 Å². The summed E-state index contributed by atoms with van der Waals surface area (Å²) in [6.45, 7) is 4.27. The molecule has 1 atom stereocenters. The summed E-state index contributed by atoms with van der Waals surface area (Å²) in [6.07, 6.45) is 7.88. The summed E-state index contributed by atoms with van der Waals surface area (Å²) in [5.74, 6) is -0.746. The lowest BCUT2D eigenvalue weighted by Crippen LogP contribution is -2.19. The summed E-state index contributed by atoms with van der Waals surface area (Å²) in [5.41, 5.74) is 0.124. The maximum absolute atomic E-state index is 13.5. The highest BCUT2D eigenvalue weighted by molar-refractivity contribution is 5.97. The number of carbonyl (C=O) groups excluding carboxylic acids is 1. The first-order chi connectivity index (χ1) is 10.2. The monoisotopic (exact) mass is 294 g/mol. The van der Waals surface area contributed by atoms with E-state index < -0.39 is 5.82 Å². The highest BCUT2D eigenvalue weighted by Gasteiger charge is 2.14. The average Bonchev–Trinajstić information content (AvgIpc) is 2.49. The molecule has 0 heterocycles. The number of ether oxygens (including phenoxy) is 1. The van der Waals surface area contributed by atoms with Crippen LogP contribution in [0.15, 0.2) is 24.3 Å². The maximum atomic E-state index is 13.5. The Morgan fingerprint density at radius 2 is 1.86 bits per heavy atom. The van der Waals surface area contributed by atoms with E-state index in [0.29, 0.717) is 0 Å². The predicted molar refractivity (Wildman–Crippen MR) is 84.1 cm³/mol. The van der Waals surface area contributed by atoms with E-state index in [1.807, 2.05) is 0 Å². The van der Waals surface area contributed by atoms with E-state index in [9.17, 15) is 9.18 Å². The van der Waals surface area contributed by atoms with Crippen molar-refractivity contribution in [1.29, 1.82) is 0 Å². The minimum absolute atomic E-state index is 0.0284. The fraction of sp³-hybridized carbons (Fsp3) is 0.611. The lowest BCUT2D eigenvalue weighted by atomic mass is 10.1. The van der Waals surface area contributed by atoms with Crippen LogP contribution < -0.4 is 0 Å². The van der Waals surface area contributed by atoms with Gasteiger partial charge < -0.3 is 4.74 Å². The summed E-state index contributed by atoms with van der Waals surface area (Å²) < 4.78 is 19.2. The second-order valence-corrected chi connectivity index (χ2v) is 5.47. The zero-order valence-corrected chi connectivity index (χ0v) is 13.2. The van der Waals surface area contributed by atoms with Gasteiger partial charge in [0.05, 0.1) is 11.7 Å². The van der Waals surface area contributed by atoms with Crippen LogP contribution >= 0.6 is 0 Å². The molecular formula is C18H27FO2. The lowest BCUT2D eigenvalue weighted by Gasteiger charge is -2.17. The van der Waals surface area contributed by atoms with Gasteiger partial charge in [0.2, 0.25) is 0 Å². The van der Waals surface area contributed by atoms with Gasteiger partial charge in [-0.25, -0.2) is 4.39 Å². The molecule has 0 saturated carbocycles. The Hall–Kier alpha value is -1.22. The van der Waals surface area contributed by atoms with Crippen LogP contribution in [0.5, 0.6) is 0 Å². The predicted octanol–water partition coefficient (Wildman–Crippen LogP) is 5.16. The molecule has 0 bridgehead atoms. The zero-order chi connectivity index (χ0) is 15.5. The topological polar surface area (TPSA) is 26.3 Å². The summed E-state index contributed by atoms with van der Waals surface area (Å²) in [7, 11) is 0. The van der Waals surface area contributed by atoms with Crippen molar-refractivity contribution in [3.05, 3.63) is 35.6 Å². The van der Waals surface area contributed by atoms with Crippen molar-refractivity contribution in [2.24, 2.45) is 0 Å². The van der Waals surface area contributed by atoms with Crippen LogP contribution in [0.3, 0.4) is 0 Å². The van der Waals surface area contributed by atoms with E-state index >= 15 is 0 Å². The number of Topliss-reactive ketones (excluding diaryl/α,β-unsaturated/α-hetero) is 1. The highest BCUT2D eigenvalue weighted by Crippen LogP contribution is 2.14. The Bertz CT molecular complexity index is 417. The molecule has 0 aliphatic rings. The largest absolute Gasteiger partial charge is 0.370 e. The minimum Gasteiger partial charge on any atom is -0.370 e. The summed E-state index contributed by atoms with van der Waals surface area (Å²) in [4.78, 5) is 12.0. The quantitative estimate of drug-likeness (QED) is 0.416. The first-order valence-electron chi connectivity index (χ1n) is 8.08. The minimum atomic E-state index is -0.471. The van der Waals surface area contributed by atoms with Crippen molar-refractivity contribution in [2.75, 3.05) is 6.61 Å². The van der Waals surface area contributed by atoms with Crippen LogP contribution in [0.1, 0.15) is 69.2 Å². The van der Waals surface area contributed by atoms with Crippen LogP contribution in [-0.2, 0) is 4.74 Å². The smallest absolute Gasteiger partial charge is 0.191 e. The summed E-state index contributed by atoms with van der Waals surface area (Å²) in [5, 5.41) is 0. The van der Waals surface area contributed by atoms with Gasteiger partial charge in [0.25, 0.3) is 0 Å². The molecule has 0 unspecified atom stereocenters. The number of rotatable bonds is 11. The Morgan fingerprint density at radius 1 is 1.10 bits per heavy atom. The first kappa shape index (κ1) is 17.8. The van der Waals surface area contributed by atoms with Gasteiger partial charge in [-0.1, -0.05) is 58.1 Å². The molecule has 21 heavy (non-hydrogen) atoms. The molecule has 2 nitrogen and oxygen atoms in total. The number of hydrogen-bond acceptors (Lipinski definition) is 2. The van der Waals surface area contributed by atoms with Crippen molar-refractivity contribution in [2.45, 2.75) is 64.9 Å². The normalized spacial score (nSPS) is 12.3. The van der Waals surface area contributed by atoms with Gasteiger partial charge in [0.1, 0.15) is 12.4 Å². The fourth-order valence-electron chi connectivity index (χ4n) is 2.39. The third-order valence-electron chi connectivity index (χ3n) is 3.61. The van der Waals surface area contributed by atoms with Gasteiger partial charge in [-0.05, 0) is 25.0 Å². The standard InChI is InChI=1S/C18H27FO2/c1-3-5-6-7-11-15(10-4-2)21-14-18(20)16-12-8-9-13-17(16)19/h8-9,12-13,15H,3-7,10-11,14H2,1-2H3/t15-/m0/s1. The first-order valence-corrected chi connectivity index (χ1v) is 8.08. The molecular weight excluding hydrogens is 267 g/mol. The van der Waals surface area contributed by atoms with Crippen LogP contribution in [0, 0.1) is 5.82 Å². The average molecular weight is 294 g/mol. The zero-order valence-electron chi connectivity index (χ0n) is 13.2. The van der Waals surface area contributed by atoms with Crippen LogP contribution in [0.25, 0.3) is 0 Å². The van der Waals surface area contributed by atoms with E-state index in [1.54, 1.807) is 12.1 Å². The Balaban J connectivity index is 2.41. The molecule has 1 aromatic rings. The van der Waals surface area contributed by atoms with Crippen molar-refractivity contribution < 1.29 is 13.9 Å². The van der Waals surface area contributed by atoms with Crippen molar-refractivity contribution in [3.63, 3.8) is 0 Å². The summed E-state index contributed by atoms with van der Waals surface area (Å²) in [6, 6.07) is 6.07. The third-order valence-corrected chi connectivity index (χ3v) is 3.61. The number of unbranched alkanes of at least 4 members (excludes halogenated alkanes) is 3. The molecule has 0 aliphatic carbocycles. The second kappa shape index (κ2) is 10.5. The maximum Gasteiger partial charge on any atom is 0.191 e. The van der Waals surface area contributed by atoms with Gasteiger partial charge >= 0.3 is 0 Å². The third kappa shape index (κ3) is 6.85. The molecule has 118 valence electrons. The Morgan fingerprint density at radius 3 is 2.52 bits per heavy atom. The highest BCUT2D eigenvalue weighted by atomic mass is 19.1. The van der Waals surface area contributed by atoms with Crippen LogP contribution in [0.4, 0.5) is 4.39 Å². The van der Waals surface area contributed by atoms with Crippen molar-refractivity contribution in [1.82, 2.24) is 0 Å². The number of ketones is 1. The SMILES string of the molecule is CCCCCC[C@H](CCC)OCC(=O)c1ccccc1F. The van der Waals surface area contributed by atoms with E-state index in [1.165, 1.54) is 31.4 Å². The molecule has 0 saturated heterocycles. The number of carbonyl (C=O) groups is 1. The van der Waals surface area contributed by atoms with E-state index in [4.69, 9.17) is 4.74 Å². The number of benzene rings is 1. The molecule has 0 aliphatic heterocycles. The number of hydrogen-bond donors (Lipinski definition) is 0. The molecule has 0 spiro atoms. The summed E-state index contributed by atoms with van der Waals surface area (Å²) >= 11 is 0. The molecule has 0 aromatic heterocycles. The van der Waals surface area contributed by atoms with Crippen LogP contribution in [0.2, 0.25) is 0 Å².